The molecule has 1 aliphatic rings. The minimum atomic E-state index is -4.50. The van der Waals surface area contributed by atoms with E-state index < -0.39 is 11.8 Å². The lowest BCUT2D eigenvalue weighted by Gasteiger charge is -2.27. The van der Waals surface area contributed by atoms with Crippen LogP contribution in [0.2, 0.25) is 0 Å². The highest BCUT2D eigenvalue weighted by Crippen LogP contribution is 2.41. The Morgan fingerprint density at radius 2 is 1.83 bits per heavy atom. The van der Waals surface area contributed by atoms with E-state index >= 15 is 0 Å². The molecule has 0 radical (unpaired) electrons. The van der Waals surface area contributed by atoms with E-state index in [9.17, 15) is 18.0 Å². The van der Waals surface area contributed by atoms with Crippen molar-refractivity contribution in [2.45, 2.75) is 65.2 Å². The molecule has 0 spiro atoms. The fourth-order valence-corrected chi connectivity index (χ4v) is 2.61. The van der Waals surface area contributed by atoms with Gasteiger partial charge in [0.15, 0.2) is 0 Å². The highest BCUT2D eigenvalue weighted by Gasteiger charge is 2.58. The van der Waals surface area contributed by atoms with Gasteiger partial charge in [0.1, 0.15) is 0 Å². The molecular formula is C25H35Cl3F3N3O2. The second kappa shape index (κ2) is 21.9. The summed E-state index contributed by atoms with van der Waals surface area (Å²) in [7, 11) is 0. The Hall–Kier alpha value is -2.34. The number of nitrogens with zero attached hydrogens (tertiary/aromatic N) is 1. The first-order valence-corrected chi connectivity index (χ1v) is 12.0. The van der Waals surface area contributed by atoms with Gasteiger partial charge in [0.25, 0.3) is 0 Å². The van der Waals surface area contributed by atoms with Crippen molar-refractivity contribution in [2.24, 2.45) is 16.6 Å². The molecule has 36 heavy (non-hydrogen) atoms. The topological polar surface area (TPSA) is 90.7 Å². The quantitative estimate of drug-likeness (QED) is 0.180. The van der Waals surface area contributed by atoms with Gasteiger partial charge in [-0.2, -0.15) is 13.2 Å². The van der Waals surface area contributed by atoms with Crippen LogP contribution in [0.25, 0.3) is 0 Å². The van der Waals surface area contributed by atoms with E-state index in [4.69, 9.17) is 46.3 Å². The zero-order valence-corrected chi connectivity index (χ0v) is 23.2. The predicted molar refractivity (Wildman–Crippen MR) is 147 cm³/mol. The number of halogens is 6. The third-order valence-corrected chi connectivity index (χ3v) is 4.84. The van der Waals surface area contributed by atoms with Crippen molar-refractivity contribution >= 4 is 46.9 Å². The van der Waals surface area contributed by atoms with E-state index in [0.29, 0.717) is 12.1 Å². The molecule has 1 atom stereocenters. The first kappa shape index (κ1) is 38.2. The summed E-state index contributed by atoms with van der Waals surface area (Å²) >= 11 is 16.7. The van der Waals surface area contributed by atoms with E-state index in [1.54, 1.807) is 6.92 Å². The fourth-order valence-electron chi connectivity index (χ4n) is 2.21. The molecule has 0 aromatic carbocycles. The summed E-state index contributed by atoms with van der Waals surface area (Å²) in [5.41, 5.74) is 11.7. The van der Waals surface area contributed by atoms with Gasteiger partial charge in [-0.1, -0.05) is 59.1 Å². The van der Waals surface area contributed by atoms with Crippen molar-refractivity contribution in [3.8, 4) is 12.8 Å². The lowest BCUT2D eigenvalue weighted by atomic mass is 9.95. The molecule has 1 aliphatic heterocycles. The third kappa shape index (κ3) is 18.9. The normalized spacial score (nSPS) is 18.2. The number of terminal acetylenes is 1. The van der Waals surface area contributed by atoms with Crippen LogP contribution in [-0.4, -0.2) is 29.8 Å². The van der Waals surface area contributed by atoms with Gasteiger partial charge in [-0.05, 0) is 44.9 Å². The van der Waals surface area contributed by atoms with Crippen LogP contribution in [0.1, 0.15) is 53.4 Å². The Labute approximate surface area is 227 Å². The zero-order chi connectivity index (χ0) is 28.8. The lowest BCUT2D eigenvalue weighted by Crippen LogP contribution is -2.44. The molecule has 0 bridgehead atoms. The highest BCUT2D eigenvalue weighted by atomic mass is 35.5. The Kier molecular flexibility index (Phi) is 23.2. The van der Waals surface area contributed by atoms with Crippen LogP contribution in [0.15, 0.2) is 62.9 Å². The molecule has 0 aromatic rings. The monoisotopic (exact) mass is 571 g/mol. The number of alkyl halides is 4. The second-order valence-corrected chi connectivity index (χ2v) is 8.13. The van der Waals surface area contributed by atoms with Crippen molar-refractivity contribution < 1.29 is 22.8 Å². The molecule has 1 rings (SSSR count). The average Bonchev–Trinajstić information content (AvgIpc) is 3.30. The molecule has 5 nitrogen and oxygen atoms in total. The first-order valence-electron chi connectivity index (χ1n) is 10.6. The largest absolute Gasteiger partial charge is 0.431 e. The lowest BCUT2D eigenvalue weighted by molar-refractivity contribution is -0.267. The van der Waals surface area contributed by atoms with Gasteiger partial charge < -0.3 is 16.3 Å². The number of carbonyl (C=O) groups is 1. The van der Waals surface area contributed by atoms with Crippen molar-refractivity contribution in [1.82, 2.24) is 0 Å². The molecular weight excluding hydrogens is 538 g/mol. The number of nitrogens with two attached hydrogens (primary N) is 2. The number of oxime groups is 1. The van der Waals surface area contributed by atoms with Gasteiger partial charge in [0, 0.05) is 47.6 Å². The van der Waals surface area contributed by atoms with Gasteiger partial charge in [0.2, 0.25) is 11.5 Å². The predicted octanol–water partition coefficient (Wildman–Crippen LogP) is 7.46. The van der Waals surface area contributed by atoms with E-state index in [1.165, 1.54) is 17.7 Å². The fraction of sp³-hybridized carbons (Fsp3) is 0.440. The average molecular weight is 573 g/mol. The van der Waals surface area contributed by atoms with Gasteiger partial charge in [-0.15, -0.1) is 24.4 Å². The molecule has 1 heterocycles. The molecule has 0 aliphatic carbocycles. The summed E-state index contributed by atoms with van der Waals surface area (Å²) in [6, 6.07) is 0. The SMILES string of the molecule is C#C.C/C(=C\C(Cl)=C/CC1(C(F)(F)F)CC=NO1)CCl.CCCC(N)=O.C\C=C/C(C)=C\C(N)=C\Cl. The molecule has 1 unspecified atom stereocenters. The molecule has 1 amide bonds. The van der Waals surface area contributed by atoms with E-state index in [2.05, 4.69) is 22.8 Å². The number of carbonyl (C=O) groups excluding carboxylic acids is 1. The highest BCUT2D eigenvalue weighted by molar-refractivity contribution is 6.31. The molecule has 0 aromatic heterocycles. The first-order chi connectivity index (χ1) is 16.8. The smallest absolute Gasteiger partial charge is 0.398 e. The number of hydrogen-bond donors (Lipinski definition) is 2. The molecule has 0 fully saturated rings. The zero-order valence-electron chi connectivity index (χ0n) is 20.9. The Balaban J connectivity index is -0.000000509. The third-order valence-electron chi connectivity index (χ3n) is 3.91. The molecule has 11 heteroatoms. The van der Waals surface area contributed by atoms with Gasteiger partial charge in [-0.3, -0.25) is 4.79 Å². The Morgan fingerprint density at radius 1 is 1.25 bits per heavy atom. The summed E-state index contributed by atoms with van der Waals surface area (Å²) in [5.74, 6) is 0.0613. The maximum Gasteiger partial charge on any atom is 0.431 e. The Bertz CT molecular complexity index is 836. The maximum absolute atomic E-state index is 12.9. The standard InChI is InChI=1S/C11H12Cl2F3NO.C8H12ClN.C4H9NO.C2H2/c1-8(7-12)6-9(13)2-3-10(11(14,15)16)4-5-17-18-10;1-3-4-7(2)5-8(10)6-9;1-2-3-4(5)6;1-2/h2,5-6H,3-4,7H2,1H3;3-6H,10H2,1-2H3;2-3H2,1H3,(H2,5,6);1-2H/b8-6+,9-2+;4-3-,7-5-,8-6-;;. The van der Waals surface area contributed by atoms with E-state index in [-0.39, 0.29) is 29.7 Å². The van der Waals surface area contributed by atoms with Gasteiger partial charge in [-0.25, -0.2) is 0 Å². The summed E-state index contributed by atoms with van der Waals surface area (Å²) in [6.45, 7) is 7.58. The number of allylic oxidation sites excluding steroid dienone is 7. The van der Waals surface area contributed by atoms with Crippen LogP contribution in [0, 0.1) is 12.8 Å². The maximum atomic E-state index is 12.9. The van der Waals surface area contributed by atoms with E-state index in [0.717, 1.165) is 23.8 Å². The number of primary amides is 1. The second-order valence-electron chi connectivity index (χ2n) is 7.21. The van der Waals surface area contributed by atoms with Crippen molar-refractivity contribution in [1.29, 1.82) is 0 Å². The van der Waals surface area contributed by atoms with Crippen LogP contribution >= 0.6 is 34.8 Å². The summed E-state index contributed by atoms with van der Waals surface area (Å²) in [4.78, 5) is 14.3. The number of rotatable bonds is 8. The van der Waals surface area contributed by atoms with Gasteiger partial charge >= 0.3 is 6.18 Å². The number of hydrogen-bond acceptors (Lipinski definition) is 4. The Morgan fingerprint density at radius 3 is 2.17 bits per heavy atom. The van der Waals surface area contributed by atoms with Crippen LogP contribution in [0.3, 0.4) is 0 Å². The molecule has 204 valence electrons. The van der Waals surface area contributed by atoms with Crippen molar-refractivity contribution in [3.05, 3.63) is 57.8 Å². The molecule has 4 N–H and O–H groups in total. The summed E-state index contributed by atoms with van der Waals surface area (Å²) < 4.78 is 38.6. The van der Waals surface area contributed by atoms with Crippen LogP contribution in [0.5, 0.6) is 0 Å². The minimum absolute atomic E-state index is 0.201. The molecule has 0 saturated carbocycles. The summed E-state index contributed by atoms with van der Waals surface area (Å²) in [6.07, 6.45) is 13.8. The number of amides is 1. The van der Waals surface area contributed by atoms with Gasteiger partial charge in [0.05, 0.1) is 0 Å². The van der Waals surface area contributed by atoms with Crippen LogP contribution in [-0.2, 0) is 9.63 Å². The van der Waals surface area contributed by atoms with Crippen LogP contribution in [0.4, 0.5) is 13.2 Å². The summed E-state index contributed by atoms with van der Waals surface area (Å²) in [5, 5.41) is 3.41. The minimum Gasteiger partial charge on any atom is -0.398 e. The van der Waals surface area contributed by atoms with Crippen molar-refractivity contribution in [2.75, 3.05) is 5.88 Å². The molecule has 0 saturated heterocycles. The van der Waals surface area contributed by atoms with Crippen molar-refractivity contribution in [3.63, 3.8) is 0 Å². The van der Waals surface area contributed by atoms with E-state index in [1.807, 2.05) is 39.0 Å². The van der Waals surface area contributed by atoms with Crippen LogP contribution < -0.4 is 11.5 Å².